The molecule has 0 saturated heterocycles. The quantitative estimate of drug-likeness (QED) is 0.374. The van der Waals surface area contributed by atoms with E-state index in [2.05, 4.69) is 25.9 Å². The number of halogens is 3. The number of imidazole rings is 1. The lowest BCUT2D eigenvalue weighted by molar-refractivity contribution is 1.29. The van der Waals surface area contributed by atoms with Gasteiger partial charge in [0, 0.05) is 33.0 Å². The molecule has 0 aliphatic carbocycles. The summed E-state index contributed by atoms with van der Waals surface area (Å²) < 4.78 is 0.877. The molecule has 0 atom stereocenters. The zero-order valence-electron chi connectivity index (χ0n) is 13.4. The maximum Gasteiger partial charge on any atom is 0.141 e. The van der Waals surface area contributed by atoms with E-state index in [0.717, 1.165) is 32.6 Å². The first kappa shape index (κ1) is 17.3. The molecule has 1 N–H and O–H groups in total. The first-order chi connectivity index (χ1) is 12.6. The van der Waals surface area contributed by atoms with E-state index in [4.69, 9.17) is 28.2 Å². The maximum absolute atomic E-state index is 6.42. The van der Waals surface area contributed by atoms with Gasteiger partial charge in [0.1, 0.15) is 5.82 Å². The lowest BCUT2D eigenvalue weighted by atomic mass is 10.1. The summed E-state index contributed by atoms with van der Waals surface area (Å²) in [6.07, 6.45) is 3.50. The van der Waals surface area contributed by atoms with E-state index >= 15 is 0 Å². The van der Waals surface area contributed by atoms with Crippen LogP contribution in [0.15, 0.2) is 71.5 Å². The molecule has 0 aliphatic heterocycles. The Labute approximate surface area is 169 Å². The number of benzene rings is 2. The molecule has 0 unspecified atom stereocenters. The smallest absolute Gasteiger partial charge is 0.141 e. The summed E-state index contributed by atoms with van der Waals surface area (Å²) in [6.45, 7) is 0. The van der Waals surface area contributed by atoms with Crippen molar-refractivity contribution in [2.24, 2.45) is 0 Å². The second kappa shape index (κ2) is 7.23. The highest BCUT2D eigenvalue weighted by Gasteiger charge is 2.18. The van der Waals surface area contributed by atoms with Crippen molar-refractivity contribution >= 4 is 39.1 Å². The molecule has 3 nitrogen and oxygen atoms in total. The first-order valence-corrected chi connectivity index (χ1v) is 9.39. The number of hydrogen-bond acceptors (Lipinski definition) is 2. The van der Waals surface area contributed by atoms with Crippen molar-refractivity contribution < 1.29 is 0 Å². The molecule has 0 fully saturated rings. The van der Waals surface area contributed by atoms with Crippen LogP contribution in [-0.2, 0) is 0 Å². The Kier molecular flexibility index (Phi) is 4.81. The van der Waals surface area contributed by atoms with Crippen LogP contribution in [0.1, 0.15) is 0 Å². The van der Waals surface area contributed by atoms with Gasteiger partial charge in [-0.15, -0.1) is 0 Å². The third kappa shape index (κ3) is 3.28. The highest BCUT2D eigenvalue weighted by molar-refractivity contribution is 9.10. The van der Waals surface area contributed by atoms with Crippen molar-refractivity contribution in [1.82, 2.24) is 15.0 Å². The van der Waals surface area contributed by atoms with Crippen LogP contribution in [0.5, 0.6) is 0 Å². The van der Waals surface area contributed by atoms with Gasteiger partial charge in [-0.1, -0.05) is 41.4 Å². The Morgan fingerprint density at radius 2 is 1.58 bits per heavy atom. The number of H-pyrrole nitrogens is 1. The van der Waals surface area contributed by atoms with Crippen molar-refractivity contribution in [3.63, 3.8) is 0 Å². The number of pyridine rings is 1. The van der Waals surface area contributed by atoms with E-state index in [1.165, 1.54) is 0 Å². The number of nitrogens with zero attached hydrogens (tertiary/aromatic N) is 2. The van der Waals surface area contributed by atoms with E-state index < -0.39 is 0 Å². The molecular formula is C20H12BrCl2N3. The van der Waals surface area contributed by atoms with E-state index in [0.29, 0.717) is 15.9 Å². The van der Waals surface area contributed by atoms with Gasteiger partial charge in [-0.05, 0) is 52.3 Å². The fourth-order valence-corrected chi connectivity index (χ4v) is 3.82. The Morgan fingerprint density at radius 1 is 0.846 bits per heavy atom. The van der Waals surface area contributed by atoms with Crippen molar-refractivity contribution in [2.75, 3.05) is 0 Å². The molecular weight excluding hydrogens is 433 g/mol. The second-order valence-electron chi connectivity index (χ2n) is 5.65. The molecule has 0 bridgehead atoms. The number of rotatable bonds is 3. The normalized spacial score (nSPS) is 10.9. The average molecular weight is 445 g/mol. The molecule has 0 radical (unpaired) electrons. The minimum absolute atomic E-state index is 0.622. The zero-order valence-corrected chi connectivity index (χ0v) is 16.5. The van der Waals surface area contributed by atoms with Crippen LogP contribution < -0.4 is 0 Å². The molecule has 2 heterocycles. The van der Waals surface area contributed by atoms with E-state index in [-0.39, 0.29) is 0 Å². The van der Waals surface area contributed by atoms with Gasteiger partial charge in [0.15, 0.2) is 0 Å². The van der Waals surface area contributed by atoms with Gasteiger partial charge in [0.05, 0.1) is 22.0 Å². The lowest BCUT2D eigenvalue weighted by Crippen LogP contribution is -1.84. The molecule has 6 heteroatoms. The predicted octanol–water partition coefficient (Wildman–Crippen LogP) is 6.88. The molecule has 4 aromatic rings. The average Bonchev–Trinajstić information content (AvgIpc) is 3.08. The van der Waals surface area contributed by atoms with Gasteiger partial charge in [-0.3, -0.25) is 4.98 Å². The van der Waals surface area contributed by atoms with Crippen LogP contribution in [0.25, 0.3) is 33.9 Å². The SMILES string of the molecule is Clc1ccc(-c2[nH]c(-c3c(Cl)cccc3Br)nc2-c2ccncc2)cc1. The molecule has 2 aromatic carbocycles. The molecule has 26 heavy (non-hydrogen) atoms. The highest BCUT2D eigenvalue weighted by Crippen LogP contribution is 2.38. The van der Waals surface area contributed by atoms with Gasteiger partial charge in [0.2, 0.25) is 0 Å². The van der Waals surface area contributed by atoms with Crippen LogP contribution in [0, 0.1) is 0 Å². The number of aromatic nitrogens is 3. The van der Waals surface area contributed by atoms with Crippen LogP contribution in [0.4, 0.5) is 0 Å². The molecule has 4 rings (SSSR count). The molecule has 2 aromatic heterocycles. The zero-order chi connectivity index (χ0) is 18.1. The number of nitrogens with one attached hydrogen (secondary N) is 1. The molecule has 128 valence electrons. The summed E-state index contributed by atoms with van der Waals surface area (Å²) in [5.41, 5.74) is 4.51. The molecule has 0 saturated carbocycles. The van der Waals surface area contributed by atoms with Gasteiger partial charge >= 0.3 is 0 Å². The minimum Gasteiger partial charge on any atom is -0.337 e. The van der Waals surface area contributed by atoms with E-state index in [1.807, 2.05) is 54.6 Å². The van der Waals surface area contributed by atoms with Gasteiger partial charge < -0.3 is 4.98 Å². The topological polar surface area (TPSA) is 41.6 Å². The Hall–Kier alpha value is -2.14. The fourth-order valence-electron chi connectivity index (χ4n) is 2.76. The van der Waals surface area contributed by atoms with Crippen molar-refractivity contribution in [3.05, 3.63) is 81.5 Å². The minimum atomic E-state index is 0.622. The lowest BCUT2D eigenvalue weighted by Gasteiger charge is -2.03. The standard InChI is InChI=1S/C20H12BrCl2N3/c21-15-2-1-3-16(23)17(15)20-25-18(12-4-6-14(22)7-5-12)19(26-20)13-8-10-24-11-9-13/h1-11H,(H,25,26). The molecule has 0 spiro atoms. The monoisotopic (exact) mass is 443 g/mol. The Morgan fingerprint density at radius 3 is 2.27 bits per heavy atom. The van der Waals surface area contributed by atoms with Crippen LogP contribution in [-0.4, -0.2) is 15.0 Å². The maximum atomic E-state index is 6.42. The summed E-state index contributed by atoms with van der Waals surface area (Å²) >= 11 is 16.0. The molecule has 0 amide bonds. The summed E-state index contributed by atoms with van der Waals surface area (Å²) in [7, 11) is 0. The third-order valence-electron chi connectivity index (χ3n) is 3.99. The first-order valence-electron chi connectivity index (χ1n) is 7.84. The van der Waals surface area contributed by atoms with Gasteiger partial charge in [-0.25, -0.2) is 4.98 Å². The van der Waals surface area contributed by atoms with Gasteiger partial charge in [0.25, 0.3) is 0 Å². The van der Waals surface area contributed by atoms with Crippen LogP contribution >= 0.6 is 39.1 Å². The largest absolute Gasteiger partial charge is 0.337 e. The number of aromatic amines is 1. The van der Waals surface area contributed by atoms with Crippen LogP contribution in [0.3, 0.4) is 0 Å². The number of hydrogen-bond donors (Lipinski definition) is 1. The predicted molar refractivity (Wildman–Crippen MR) is 110 cm³/mol. The van der Waals surface area contributed by atoms with Crippen molar-refractivity contribution in [2.45, 2.75) is 0 Å². The third-order valence-corrected chi connectivity index (χ3v) is 5.22. The fraction of sp³-hybridized carbons (Fsp3) is 0. The van der Waals surface area contributed by atoms with E-state index in [1.54, 1.807) is 12.4 Å². The highest BCUT2D eigenvalue weighted by atomic mass is 79.9. The summed E-state index contributed by atoms with van der Waals surface area (Å²) in [5, 5.41) is 1.31. The summed E-state index contributed by atoms with van der Waals surface area (Å²) in [6, 6.07) is 17.2. The second-order valence-corrected chi connectivity index (χ2v) is 7.35. The Balaban J connectivity index is 1.95. The Bertz CT molecular complexity index is 1040. The summed E-state index contributed by atoms with van der Waals surface area (Å²) in [4.78, 5) is 12.4. The van der Waals surface area contributed by atoms with Crippen LogP contribution in [0.2, 0.25) is 10.0 Å². The van der Waals surface area contributed by atoms with Crippen molar-refractivity contribution in [1.29, 1.82) is 0 Å². The van der Waals surface area contributed by atoms with Crippen molar-refractivity contribution in [3.8, 4) is 33.9 Å². The van der Waals surface area contributed by atoms with Gasteiger partial charge in [-0.2, -0.15) is 0 Å². The molecule has 0 aliphatic rings. The van der Waals surface area contributed by atoms with E-state index in [9.17, 15) is 0 Å². The summed E-state index contributed by atoms with van der Waals surface area (Å²) in [5.74, 6) is 0.694.